The second-order valence-corrected chi connectivity index (χ2v) is 6.82. The zero-order valence-corrected chi connectivity index (χ0v) is 17.2. The van der Waals surface area contributed by atoms with E-state index in [2.05, 4.69) is 22.9 Å². The predicted octanol–water partition coefficient (Wildman–Crippen LogP) is 3.96. The Morgan fingerprint density at radius 1 is 0.929 bits per heavy atom. The molecule has 28 heavy (non-hydrogen) atoms. The molecular formula is C23H29NO4. The van der Waals surface area contributed by atoms with Gasteiger partial charge in [-0.25, -0.2) is 0 Å². The molecule has 0 unspecified atom stereocenters. The lowest BCUT2D eigenvalue weighted by Crippen LogP contribution is -2.22. The van der Waals surface area contributed by atoms with E-state index in [4.69, 9.17) is 4.74 Å². The highest BCUT2D eigenvalue weighted by Gasteiger charge is 2.08. The molecular weight excluding hydrogens is 354 g/mol. The van der Waals surface area contributed by atoms with E-state index in [0.29, 0.717) is 12.8 Å². The summed E-state index contributed by atoms with van der Waals surface area (Å²) < 4.78 is 10.2. The van der Waals surface area contributed by atoms with E-state index >= 15 is 0 Å². The van der Waals surface area contributed by atoms with Gasteiger partial charge in [0, 0.05) is 26.1 Å². The number of esters is 1. The van der Waals surface area contributed by atoms with Crippen LogP contribution < -0.4 is 9.64 Å². The van der Waals surface area contributed by atoms with Crippen molar-refractivity contribution in [2.45, 2.75) is 39.0 Å². The van der Waals surface area contributed by atoms with Gasteiger partial charge >= 0.3 is 5.97 Å². The average molecular weight is 383 g/mol. The van der Waals surface area contributed by atoms with Crippen LogP contribution in [0.5, 0.6) is 5.75 Å². The Hall–Kier alpha value is -2.82. The maximum Gasteiger partial charge on any atom is 0.305 e. The summed E-state index contributed by atoms with van der Waals surface area (Å²) in [6.45, 7) is 1.56. The van der Waals surface area contributed by atoms with Gasteiger partial charge < -0.3 is 14.4 Å². The van der Waals surface area contributed by atoms with Crippen LogP contribution in [0.25, 0.3) is 0 Å². The van der Waals surface area contributed by atoms with Crippen LogP contribution in [0, 0.1) is 0 Å². The molecule has 0 aromatic heterocycles. The molecule has 0 radical (unpaired) electrons. The SMILES string of the molecule is COC(=O)CCc1ccc(CCCc2ccc(N(C)C(C)=O)cc2)c(OC)c1. The third-order valence-electron chi connectivity index (χ3n) is 4.90. The van der Waals surface area contributed by atoms with Crippen molar-refractivity contribution in [3.63, 3.8) is 0 Å². The largest absolute Gasteiger partial charge is 0.496 e. The van der Waals surface area contributed by atoms with Gasteiger partial charge in [0.1, 0.15) is 5.75 Å². The molecule has 150 valence electrons. The molecule has 0 aliphatic carbocycles. The smallest absolute Gasteiger partial charge is 0.305 e. The number of hydrogen-bond donors (Lipinski definition) is 0. The van der Waals surface area contributed by atoms with Crippen molar-refractivity contribution in [2.75, 3.05) is 26.2 Å². The molecule has 1 amide bonds. The highest BCUT2D eigenvalue weighted by molar-refractivity contribution is 5.90. The molecule has 2 aromatic carbocycles. The molecule has 0 saturated carbocycles. The number of carbonyl (C=O) groups excluding carboxylic acids is 2. The number of aryl methyl sites for hydroxylation is 3. The van der Waals surface area contributed by atoms with Crippen molar-refractivity contribution in [2.24, 2.45) is 0 Å². The summed E-state index contributed by atoms with van der Waals surface area (Å²) in [7, 11) is 4.85. The molecule has 0 bridgehead atoms. The van der Waals surface area contributed by atoms with Crippen molar-refractivity contribution in [3.05, 3.63) is 59.2 Å². The number of benzene rings is 2. The summed E-state index contributed by atoms with van der Waals surface area (Å²) in [5.41, 5.74) is 4.38. The molecule has 5 nitrogen and oxygen atoms in total. The molecule has 0 atom stereocenters. The first-order valence-electron chi connectivity index (χ1n) is 9.50. The fourth-order valence-corrected chi connectivity index (χ4v) is 3.05. The van der Waals surface area contributed by atoms with Crippen LogP contribution in [-0.4, -0.2) is 33.1 Å². The molecule has 0 fully saturated rings. The maximum atomic E-state index is 11.4. The van der Waals surface area contributed by atoms with Gasteiger partial charge in [0.05, 0.1) is 14.2 Å². The highest BCUT2D eigenvalue weighted by Crippen LogP contribution is 2.23. The molecule has 2 aromatic rings. The van der Waals surface area contributed by atoms with Gasteiger partial charge in [0.15, 0.2) is 0 Å². The third kappa shape index (κ3) is 6.12. The van der Waals surface area contributed by atoms with E-state index in [1.807, 2.05) is 24.3 Å². The van der Waals surface area contributed by atoms with Crippen molar-refractivity contribution >= 4 is 17.6 Å². The molecule has 0 heterocycles. The lowest BCUT2D eigenvalue weighted by atomic mass is 10.0. The number of methoxy groups -OCH3 is 2. The van der Waals surface area contributed by atoms with Crippen molar-refractivity contribution in [1.82, 2.24) is 0 Å². The van der Waals surface area contributed by atoms with Gasteiger partial charge in [-0.1, -0.05) is 24.3 Å². The fourth-order valence-electron chi connectivity index (χ4n) is 3.05. The van der Waals surface area contributed by atoms with E-state index in [0.717, 1.165) is 41.8 Å². The lowest BCUT2D eigenvalue weighted by molar-refractivity contribution is -0.140. The van der Waals surface area contributed by atoms with E-state index in [1.165, 1.54) is 12.7 Å². The maximum absolute atomic E-state index is 11.4. The normalized spacial score (nSPS) is 10.4. The van der Waals surface area contributed by atoms with Crippen LogP contribution in [0.4, 0.5) is 5.69 Å². The van der Waals surface area contributed by atoms with Crippen molar-refractivity contribution in [1.29, 1.82) is 0 Å². The van der Waals surface area contributed by atoms with Crippen LogP contribution in [0.1, 0.15) is 36.5 Å². The molecule has 0 spiro atoms. The number of ether oxygens (including phenoxy) is 2. The summed E-state index contributed by atoms with van der Waals surface area (Å²) in [6.07, 6.45) is 3.88. The minimum absolute atomic E-state index is 0.0230. The second kappa shape index (κ2) is 10.5. The van der Waals surface area contributed by atoms with Crippen molar-refractivity contribution in [3.8, 4) is 5.75 Å². The van der Waals surface area contributed by atoms with E-state index in [1.54, 1.807) is 26.0 Å². The number of hydrogen-bond acceptors (Lipinski definition) is 4. The van der Waals surface area contributed by atoms with Gasteiger partial charge in [-0.05, 0) is 60.6 Å². The van der Waals surface area contributed by atoms with Gasteiger partial charge in [-0.3, -0.25) is 9.59 Å². The Morgan fingerprint density at radius 2 is 1.61 bits per heavy atom. The average Bonchev–Trinajstić information content (AvgIpc) is 2.72. The zero-order chi connectivity index (χ0) is 20.5. The van der Waals surface area contributed by atoms with Crippen LogP contribution in [0.15, 0.2) is 42.5 Å². The Morgan fingerprint density at radius 3 is 2.21 bits per heavy atom. The molecule has 2 rings (SSSR count). The Balaban J connectivity index is 1.91. The van der Waals surface area contributed by atoms with Gasteiger partial charge in [-0.15, -0.1) is 0 Å². The molecule has 0 N–H and O–H groups in total. The number of anilines is 1. The zero-order valence-electron chi connectivity index (χ0n) is 17.2. The first-order chi connectivity index (χ1) is 13.4. The van der Waals surface area contributed by atoms with Crippen LogP contribution in [0.3, 0.4) is 0 Å². The molecule has 0 aliphatic rings. The quantitative estimate of drug-likeness (QED) is 0.615. The number of amides is 1. The van der Waals surface area contributed by atoms with Crippen LogP contribution in [0.2, 0.25) is 0 Å². The standard InChI is InChI=1S/C23H29NO4/c1-17(25)24(2)21-13-9-18(10-14-21)6-5-7-20-12-8-19(16-22(20)27-3)11-15-23(26)28-4/h8-10,12-14,16H,5-7,11,15H2,1-4H3. The number of nitrogens with zero attached hydrogens (tertiary/aromatic N) is 1. The number of carbonyl (C=O) groups is 2. The first kappa shape index (κ1) is 21.5. The summed E-state index contributed by atoms with van der Waals surface area (Å²) in [4.78, 5) is 24.4. The number of rotatable bonds is 9. The van der Waals surface area contributed by atoms with E-state index in [9.17, 15) is 9.59 Å². The van der Waals surface area contributed by atoms with Crippen molar-refractivity contribution < 1.29 is 19.1 Å². The fraction of sp³-hybridized carbons (Fsp3) is 0.391. The van der Waals surface area contributed by atoms with E-state index < -0.39 is 0 Å². The summed E-state index contributed by atoms with van der Waals surface area (Å²) in [6, 6.07) is 14.2. The molecule has 0 aliphatic heterocycles. The van der Waals surface area contributed by atoms with Crippen LogP contribution >= 0.6 is 0 Å². The van der Waals surface area contributed by atoms with Gasteiger partial charge in [0.25, 0.3) is 0 Å². The topological polar surface area (TPSA) is 55.8 Å². The molecule has 0 saturated heterocycles. The van der Waals surface area contributed by atoms with E-state index in [-0.39, 0.29) is 11.9 Å². The molecule has 5 heteroatoms. The summed E-state index contributed by atoms with van der Waals surface area (Å²) in [5, 5.41) is 0. The Labute approximate surface area is 167 Å². The summed E-state index contributed by atoms with van der Waals surface area (Å²) >= 11 is 0. The summed E-state index contributed by atoms with van der Waals surface area (Å²) in [5.74, 6) is 0.680. The van der Waals surface area contributed by atoms with Gasteiger partial charge in [0.2, 0.25) is 5.91 Å². The minimum atomic E-state index is -0.205. The lowest BCUT2D eigenvalue weighted by Gasteiger charge is -2.15. The van der Waals surface area contributed by atoms with Gasteiger partial charge in [-0.2, -0.15) is 0 Å². The second-order valence-electron chi connectivity index (χ2n) is 6.82. The minimum Gasteiger partial charge on any atom is -0.496 e. The third-order valence-corrected chi connectivity index (χ3v) is 4.90. The highest BCUT2D eigenvalue weighted by atomic mass is 16.5. The van der Waals surface area contributed by atoms with Crippen LogP contribution in [-0.2, 0) is 33.6 Å². The predicted molar refractivity (Wildman–Crippen MR) is 111 cm³/mol. The Kier molecular flexibility index (Phi) is 8.05. The Bertz CT molecular complexity index is 799. The first-order valence-corrected chi connectivity index (χ1v) is 9.50. The monoisotopic (exact) mass is 383 g/mol.